The lowest BCUT2D eigenvalue weighted by molar-refractivity contribution is -0.0914. The molecule has 0 saturated heterocycles. The number of aliphatic hydroxyl groups is 1. The average Bonchev–Trinajstić information content (AvgIpc) is 2.22. The van der Waals surface area contributed by atoms with Gasteiger partial charge in [0.15, 0.2) is 0 Å². The Kier molecular flexibility index (Phi) is 6.76. The van der Waals surface area contributed by atoms with Gasteiger partial charge >= 0.3 is 6.18 Å². The first-order chi connectivity index (χ1) is 9.17. The van der Waals surface area contributed by atoms with E-state index in [1.807, 2.05) is 0 Å². The van der Waals surface area contributed by atoms with Gasteiger partial charge in [-0.3, -0.25) is 0 Å². The third-order valence-electron chi connectivity index (χ3n) is 3.42. The van der Waals surface area contributed by atoms with Crippen molar-refractivity contribution in [1.82, 2.24) is 0 Å². The molecule has 21 heavy (non-hydrogen) atoms. The fourth-order valence-electron chi connectivity index (χ4n) is 1.41. The van der Waals surface area contributed by atoms with E-state index in [-0.39, 0.29) is 7.48 Å². The van der Waals surface area contributed by atoms with Crippen LogP contribution >= 0.6 is 0 Å². The Balaban J connectivity index is 4.98. The van der Waals surface area contributed by atoms with Crippen LogP contribution in [0, 0.1) is 0 Å². The summed E-state index contributed by atoms with van der Waals surface area (Å²) in [5, 5.41) is 9.96. The van der Waals surface area contributed by atoms with Gasteiger partial charge in [-0.2, -0.15) is 13.2 Å². The molecule has 0 bridgehead atoms. The molecule has 0 aromatic heterocycles. The Morgan fingerprint density at radius 3 is 1.95 bits per heavy atom. The predicted molar refractivity (Wildman–Crippen MR) is 81.6 cm³/mol. The van der Waals surface area contributed by atoms with Crippen molar-refractivity contribution in [2.24, 2.45) is 0 Å². The molecule has 1 atom stereocenters. The molecule has 0 fully saturated rings. The van der Waals surface area contributed by atoms with E-state index in [1.165, 1.54) is 0 Å². The van der Waals surface area contributed by atoms with Gasteiger partial charge in [0.25, 0.3) is 7.48 Å². The standard InChI is InChI=1S/C15H26BF3O2/c1-10(2)8-12(15(17,18)19)9-11(3)16-21-14(6,7)13(4,5)20/h8-9,11,16,20H,1-7H3/b12-9+. The molecule has 0 aromatic rings. The minimum Gasteiger partial charge on any atom is -0.431 e. The topological polar surface area (TPSA) is 29.5 Å². The number of alkyl halides is 3. The summed E-state index contributed by atoms with van der Waals surface area (Å²) in [5.74, 6) is -0.418. The first-order valence-corrected chi connectivity index (χ1v) is 6.97. The Bertz CT molecular complexity index is 400. The largest absolute Gasteiger partial charge is 0.431 e. The van der Waals surface area contributed by atoms with Crippen molar-refractivity contribution in [2.75, 3.05) is 0 Å². The molecule has 1 N–H and O–H groups in total. The highest BCUT2D eigenvalue weighted by atomic mass is 19.4. The molecule has 122 valence electrons. The average molecular weight is 306 g/mol. The predicted octanol–water partition coefficient (Wildman–Crippen LogP) is 4.17. The third-order valence-corrected chi connectivity index (χ3v) is 3.42. The van der Waals surface area contributed by atoms with Crippen LogP contribution < -0.4 is 0 Å². The SMILES string of the molecule is CC(C)=C/C(=C\C(C)BOC(C)(C)C(C)(C)O)C(F)(F)F. The van der Waals surface area contributed by atoms with E-state index in [9.17, 15) is 18.3 Å². The molecule has 0 aliphatic heterocycles. The van der Waals surface area contributed by atoms with Gasteiger partial charge in [-0.15, -0.1) is 0 Å². The van der Waals surface area contributed by atoms with Crippen molar-refractivity contribution in [3.63, 3.8) is 0 Å². The van der Waals surface area contributed by atoms with E-state index >= 15 is 0 Å². The Morgan fingerprint density at radius 1 is 1.14 bits per heavy atom. The zero-order valence-electron chi connectivity index (χ0n) is 13.9. The van der Waals surface area contributed by atoms with E-state index in [1.54, 1.807) is 48.5 Å². The molecule has 0 saturated carbocycles. The smallest absolute Gasteiger partial charge is 0.416 e. The molecule has 0 rings (SSSR count). The van der Waals surface area contributed by atoms with Crippen LogP contribution in [-0.2, 0) is 4.65 Å². The maximum atomic E-state index is 12.9. The second kappa shape index (κ2) is 7.01. The molecule has 0 amide bonds. The zero-order valence-corrected chi connectivity index (χ0v) is 13.9. The molecule has 1 unspecified atom stereocenters. The van der Waals surface area contributed by atoms with Crippen molar-refractivity contribution >= 4 is 7.48 Å². The van der Waals surface area contributed by atoms with E-state index in [4.69, 9.17) is 4.65 Å². The van der Waals surface area contributed by atoms with E-state index in [0.717, 1.165) is 12.2 Å². The van der Waals surface area contributed by atoms with Crippen molar-refractivity contribution in [3.05, 3.63) is 23.3 Å². The Morgan fingerprint density at radius 2 is 1.62 bits per heavy atom. The van der Waals surface area contributed by atoms with Crippen molar-refractivity contribution in [3.8, 4) is 0 Å². The second-order valence-electron chi connectivity index (χ2n) is 6.70. The molecule has 2 nitrogen and oxygen atoms in total. The van der Waals surface area contributed by atoms with Gasteiger partial charge in [-0.1, -0.05) is 24.6 Å². The van der Waals surface area contributed by atoms with Gasteiger partial charge in [-0.05, 0) is 47.4 Å². The van der Waals surface area contributed by atoms with Crippen LogP contribution in [0.15, 0.2) is 23.3 Å². The first-order valence-electron chi connectivity index (χ1n) is 6.97. The van der Waals surface area contributed by atoms with E-state index in [2.05, 4.69) is 0 Å². The molecule has 0 heterocycles. The minimum atomic E-state index is -4.38. The molecule has 6 heteroatoms. The van der Waals surface area contributed by atoms with Gasteiger partial charge < -0.3 is 9.76 Å². The lowest BCUT2D eigenvalue weighted by atomic mass is 9.77. The van der Waals surface area contributed by atoms with Gasteiger partial charge in [0.05, 0.1) is 16.8 Å². The molecule has 0 radical (unpaired) electrons. The van der Waals surface area contributed by atoms with Gasteiger partial charge in [0, 0.05) is 0 Å². The quantitative estimate of drug-likeness (QED) is 0.589. The van der Waals surface area contributed by atoms with Crippen LogP contribution in [0.1, 0.15) is 48.5 Å². The van der Waals surface area contributed by atoms with Crippen molar-refractivity contribution in [1.29, 1.82) is 0 Å². The highest BCUT2D eigenvalue weighted by Crippen LogP contribution is 2.31. The summed E-state index contributed by atoms with van der Waals surface area (Å²) in [5.41, 5.74) is -2.00. The lowest BCUT2D eigenvalue weighted by Crippen LogP contribution is -2.48. The number of allylic oxidation sites excluding steroid dienone is 4. The number of hydrogen-bond donors (Lipinski definition) is 1. The maximum Gasteiger partial charge on any atom is 0.416 e. The summed E-state index contributed by atoms with van der Waals surface area (Å²) in [4.78, 5) is 0. The van der Waals surface area contributed by atoms with Gasteiger partial charge in [0.1, 0.15) is 0 Å². The molecule has 0 aliphatic carbocycles. The minimum absolute atomic E-state index is 0.104. The maximum absolute atomic E-state index is 12.9. The fourth-order valence-corrected chi connectivity index (χ4v) is 1.41. The Labute approximate surface area is 126 Å². The molecular formula is C15H26BF3O2. The van der Waals surface area contributed by atoms with Gasteiger partial charge in [-0.25, -0.2) is 0 Å². The van der Waals surface area contributed by atoms with E-state index in [0.29, 0.717) is 5.57 Å². The summed E-state index contributed by atoms with van der Waals surface area (Å²) in [6, 6.07) is 0. The summed E-state index contributed by atoms with van der Waals surface area (Å²) >= 11 is 0. The molecular weight excluding hydrogens is 280 g/mol. The third kappa shape index (κ3) is 7.18. The Hall–Kier alpha value is -0.745. The summed E-state index contributed by atoms with van der Waals surface area (Å²) in [6.45, 7) is 11.5. The van der Waals surface area contributed by atoms with Crippen LogP contribution in [-0.4, -0.2) is 30.0 Å². The fraction of sp³-hybridized carbons (Fsp3) is 0.733. The van der Waals surface area contributed by atoms with Crippen molar-refractivity contribution < 1.29 is 22.9 Å². The summed E-state index contributed by atoms with van der Waals surface area (Å²) < 4.78 is 44.3. The highest BCUT2D eigenvalue weighted by molar-refractivity contribution is 6.30. The second-order valence-corrected chi connectivity index (χ2v) is 6.70. The number of halogens is 3. The monoisotopic (exact) mass is 306 g/mol. The van der Waals surface area contributed by atoms with Crippen LogP contribution in [0.3, 0.4) is 0 Å². The molecule has 0 aromatic carbocycles. The van der Waals surface area contributed by atoms with E-state index < -0.39 is 28.8 Å². The normalized spacial score (nSPS) is 15.7. The van der Waals surface area contributed by atoms with Crippen LogP contribution in [0.4, 0.5) is 13.2 Å². The van der Waals surface area contributed by atoms with Crippen LogP contribution in [0.5, 0.6) is 0 Å². The van der Waals surface area contributed by atoms with Gasteiger partial charge in [0.2, 0.25) is 0 Å². The summed E-state index contributed by atoms with van der Waals surface area (Å²) in [7, 11) is 0.104. The lowest BCUT2D eigenvalue weighted by Gasteiger charge is -2.38. The first kappa shape index (κ1) is 20.3. The van der Waals surface area contributed by atoms with Crippen LogP contribution in [0.2, 0.25) is 5.82 Å². The zero-order chi connectivity index (χ0) is 17.1. The number of rotatable bonds is 6. The molecule has 0 spiro atoms. The van der Waals surface area contributed by atoms with Crippen LogP contribution in [0.25, 0.3) is 0 Å². The number of hydrogen-bond acceptors (Lipinski definition) is 2. The summed E-state index contributed by atoms with van der Waals surface area (Å²) in [6.07, 6.45) is -2.09. The highest BCUT2D eigenvalue weighted by Gasteiger charge is 2.36. The molecule has 0 aliphatic rings. The van der Waals surface area contributed by atoms with Crippen molar-refractivity contribution in [2.45, 2.75) is 71.7 Å².